The van der Waals surface area contributed by atoms with Crippen LogP contribution in [0.15, 0.2) is 42.6 Å². The number of para-hydroxylation sites is 1. The van der Waals surface area contributed by atoms with Crippen LogP contribution in [0.1, 0.15) is 42.9 Å². The Morgan fingerprint density at radius 1 is 0.931 bits per heavy atom. The van der Waals surface area contributed by atoms with E-state index in [0.717, 1.165) is 61.6 Å². The van der Waals surface area contributed by atoms with Crippen LogP contribution in [-0.4, -0.2) is 65.0 Å². The molecule has 3 aromatic rings. The molecule has 2 aromatic heterocycles. The first-order valence-electron chi connectivity index (χ1n) is 10.8. The van der Waals surface area contributed by atoms with Gasteiger partial charge in [-0.15, -0.1) is 0 Å². The monoisotopic (exact) mass is 390 g/mol. The molecule has 2 atom stereocenters. The molecule has 1 aromatic carbocycles. The van der Waals surface area contributed by atoms with Crippen LogP contribution < -0.4 is 4.90 Å². The van der Waals surface area contributed by atoms with E-state index >= 15 is 0 Å². The number of aromatic nitrogens is 3. The summed E-state index contributed by atoms with van der Waals surface area (Å²) in [6.45, 7) is 4.32. The Labute approximate surface area is 172 Å². The van der Waals surface area contributed by atoms with Crippen molar-refractivity contribution in [1.29, 1.82) is 0 Å². The average molecular weight is 391 g/mol. The van der Waals surface area contributed by atoms with E-state index in [1.54, 1.807) is 0 Å². The van der Waals surface area contributed by atoms with Crippen LogP contribution in [0.3, 0.4) is 0 Å². The third-order valence-electron chi connectivity index (χ3n) is 6.64. The maximum absolute atomic E-state index is 5.14. The molecule has 152 valence electrons. The molecule has 0 spiro atoms. The zero-order valence-electron chi connectivity index (χ0n) is 17.4. The summed E-state index contributed by atoms with van der Waals surface area (Å²) in [5, 5.41) is 0. The fraction of sp³-hybridized carbons (Fsp3) is 0.478. The van der Waals surface area contributed by atoms with E-state index in [1.807, 2.05) is 12.3 Å². The first kappa shape index (κ1) is 18.6. The Balaban J connectivity index is 1.45. The summed E-state index contributed by atoms with van der Waals surface area (Å²) in [5.41, 5.74) is 4.68. The number of piperidine rings is 1. The third kappa shape index (κ3) is 3.51. The second-order valence-corrected chi connectivity index (χ2v) is 8.47. The lowest BCUT2D eigenvalue weighted by molar-refractivity contribution is 0.107. The second-order valence-electron chi connectivity index (χ2n) is 8.47. The molecule has 2 fully saturated rings. The highest BCUT2D eigenvalue weighted by Gasteiger charge is 2.32. The minimum atomic E-state index is 0.295. The van der Waals surface area contributed by atoms with Gasteiger partial charge in [0, 0.05) is 32.4 Å². The fourth-order valence-corrected chi connectivity index (χ4v) is 4.88. The summed E-state index contributed by atoms with van der Waals surface area (Å²) in [6, 6.07) is 13.4. The Morgan fingerprint density at radius 3 is 2.55 bits per heavy atom. The molecule has 6 nitrogen and oxygen atoms in total. The van der Waals surface area contributed by atoms with Crippen molar-refractivity contribution in [3.63, 3.8) is 0 Å². The zero-order valence-corrected chi connectivity index (χ0v) is 17.4. The molecule has 0 radical (unpaired) electrons. The number of likely N-dealkylation sites (tertiary alicyclic amines) is 1. The molecule has 0 saturated carbocycles. The molecule has 29 heavy (non-hydrogen) atoms. The Hall–Kier alpha value is -2.44. The highest BCUT2D eigenvalue weighted by molar-refractivity contribution is 5.89. The van der Waals surface area contributed by atoms with E-state index in [9.17, 15) is 0 Å². The summed E-state index contributed by atoms with van der Waals surface area (Å²) in [6.07, 6.45) is 5.37. The SMILES string of the molecule is CN1CCN(c2cccc3[nH]c([C@H]4CCC[C@@H](c5ccccn5)N4C)nc23)CC1. The lowest BCUT2D eigenvalue weighted by atomic mass is 9.93. The topological polar surface area (TPSA) is 51.3 Å². The van der Waals surface area contributed by atoms with Gasteiger partial charge in [0.2, 0.25) is 0 Å². The molecule has 0 unspecified atom stereocenters. The number of aromatic amines is 1. The highest BCUT2D eigenvalue weighted by atomic mass is 15.3. The van der Waals surface area contributed by atoms with Gasteiger partial charge in [-0.2, -0.15) is 0 Å². The van der Waals surface area contributed by atoms with Gasteiger partial charge in [-0.1, -0.05) is 12.1 Å². The highest BCUT2D eigenvalue weighted by Crippen LogP contribution is 2.39. The summed E-state index contributed by atoms with van der Waals surface area (Å²) < 4.78 is 0. The van der Waals surface area contributed by atoms with E-state index < -0.39 is 0 Å². The van der Waals surface area contributed by atoms with Crippen molar-refractivity contribution in [3.05, 3.63) is 54.1 Å². The third-order valence-corrected chi connectivity index (χ3v) is 6.64. The van der Waals surface area contributed by atoms with Gasteiger partial charge < -0.3 is 14.8 Å². The van der Waals surface area contributed by atoms with Crippen molar-refractivity contribution in [2.24, 2.45) is 0 Å². The van der Waals surface area contributed by atoms with Crippen molar-refractivity contribution < 1.29 is 0 Å². The van der Waals surface area contributed by atoms with Gasteiger partial charge in [0.15, 0.2) is 0 Å². The molecule has 1 N–H and O–H groups in total. The maximum Gasteiger partial charge on any atom is 0.124 e. The van der Waals surface area contributed by atoms with Gasteiger partial charge in [-0.3, -0.25) is 9.88 Å². The first-order valence-corrected chi connectivity index (χ1v) is 10.8. The van der Waals surface area contributed by atoms with Crippen molar-refractivity contribution in [3.8, 4) is 0 Å². The molecule has 5 rings (SSSR count). The van der Waals surface area contributed by atoms with Gasteiger partial charge >= 0.3 is 0 Å². The Kier molecular flexibility index (Phi) is 4.97. The molecular formula is C23H30N6. The average Bonchev–Trinajstić information content (AvgIpc) is 3.19. The minimum Gasteiger partial charge on any atom is -0.367 e. The number of hydrogen-bond acceptors (Lipinski definition) is 5. The molecule has 4 heterocycles. The lowest BCUT2D eigenvalue weighted by Gasteiger charge is -2.38. The second kappa shape index (κ2) is 7.76. The number of nitrogens with one attached hydrogen (secondary N) is 1. The largest absolute Gasteiger partial charge is 0.367 e. The van der Waals surface area contributed by atoms with Crippen LogP contribution in [0.25, 0.3) is 11.0 Å². The number of piperazine rings is 1. The van der Waals surface area contributed by atoms with Crippen molar-refractivity contribution in [2.75, 3.05) is 45.2 Å². The number of benzene rings is 1. The Morgan fingerprint density at radius 2 is 1.76 bits per heavy atom. The van der Waals surface area contributed by atoms with Crippen LogP contribution in [0.2, 0.25) is 0 Å². The van der Waals surface area contributed by atoms with E-state index in [2.05, 4.69) is 69.1 Å². The number of nitrogens with zero attached hydrogens (tertiary/aromatic N) is 5. The van der Waals surface area contributed by atoms with Gasteiger partial charge in [0.1, 0.15) is 11.3 Å². The maximum atomic E-state index is 5.14. The normalized spacial score (nSPS) is 24.3. The molecule has 2 saturated heterocycles. The standard InChI is InChI=1S/C23H30N6/c1-27-13-15-29(16-14-27)20-10-5-8-18-22(20)26-23(25-18)21-11-6-9-19(28(21)2)17-7-3-4-12-24-17/h3-5,7-8,10,12,19,21H,6,9,11,13-16H2,1-2H3,(H,25,26)/t19-,21+/m0/s1. The number of likely N-dealkylation sites (N-methyl/N-ethyl adjacent to an activating group) is 1. The smallest absolute Gasteiger partial charge is 0.124 e. The number of H-pyrrole nitrogens is 1. The van der Waals surface area contributed by atoms with Gasteiger partial charge in [0.05, 0.1) is 29.0 Å². The van der Waals surface area contributed by atoms with Crippen LogP contribution in [0, 0.1) is 0 Å². The van der Waals surface area contributed by atoms with E-state index in [0.29, 0.717) is 12.1 Å². The minimum absolute atomic E-state index is 0.295. The summed E-state index contributed by atoms with van der Waals surface area (Å²) in [5.74, 6) is 1.09. The molecule has 6 heteroatoms. The molecule has 2 aliphatic rings. The first-order chi connectivity index (χ1) is 14.2. The van der Waals surface area contributed by atoms with Crippen molar-refractivity contribution in [2.45, 2.75) is 31.3 Å². The fourth-order valence-electron chi connectivity index (χ4n) is 4.88. The summed E-state index contributed by atoms with van der Waals surface area (Å²) >= 11 is 0. The van der Waals surface area contributed by atoms with Gasteiger partial charge in [-0.25, -0.2) is 4.98 Å². The lowest BCUT2D eigenvalue weighted by Crippen LogP contribution is -2.44. The molecule has 2 aliphatic heterocycles. The number of imidazole rings is 1. The van der Waals surface area contributed by atoms with Crippen LogP contribution in [0.5, 0.6) is 0 Å². The van der Waals surface area contributed by atoms with Gasteiger partial charge in [-0.05, 0) is 57.6 Å². The Bertz CT molecular complexity index is 960. The molecule has 0 amide bonds. The number of pyridine rings is 1. The number of rotatable bonds is 3. The predicted octanol–water partition coefficient (Wildman–Crippen LogP) is 3.61. The van der Waals surface area contributed by atoms with Crippen LogP contribution >= 0.6 is 0 Å². The molecule has 0 bridgehead atoms. The van der Waals surface area contributed by atoms with Gasteiger partial charge in [0.25, 0.3) is 0 Å². The molecule has 0 aliphatic carbocycles. The summed E-state index contributed by atoms with van der Waals surface area (Å²) in [7, 11) is 4.42. The number of hydrogen-bond donors (Lipinski definition) is 1. The van der Waals surface area contributed by atoms with E-state index in [1.165, 1.54) is 12.1 Å². The van der Waals surface area contributed by atoms with E-state index in [-0.39, 0.29) is 0 Å². The number of anilines is 1. The molecular weight excluding hydrogens is 360 g/mol. The number of fused-ring (bicyclic) bond motifs is 1. The zero-order chi connectivity index (χ0) is 19.8. The predicted molar refractivity (Wildman–Crippen MR) is 117 cm³/mol. The van der Waals surface area contributed by atoms with Crippen molar-refractivity contribution >= 4 is 16.7 Å². The summed E-state index contributed by atoms with van der Waals surface area (Å²) in [4.78, 5) is 20.7. The van der Waals surface area contributed by atoms with Crippen LogP contribution in [0.4, 0.5) is 5.69 Å². The van der Waals surface area contributed by atoms with Crippen molar-refractivity contribution in [1.82, 2.24) is 24.8 Å². The van der Waals surface area contributed by atoms with Crippen LogP contribution in [-0.2, 0) is 0 Å². The van der Waals surface area contributed by atoms with E-state index in [4.69, 9.17) is 4.98 Å². The quantitative estimate of drug-likeness (QED) is 0.740.